The number of amides is 2. The molecular weight excluding hydrogens is 348 g/mol. The number of rotatable bonds is 5. The summed E-state index contributed by atoms with van der Waals surface area (Å²) in [5.74, 6) is 1.51. The molecule has 0 saturated heterocycles. The van der Waals surface area contributed by atoms with E-state index in [1.807, 2.05) is 30.3 Å². The number of benzene rings is 2. The van der Waals surface area contributed by atoms with Crippen LogP contribution in [0.5, 0.6) is 17.2 Å². The van der Waals surface area contributed by atoms with Crippen molar-refractivity contribution < 1.29 is 23.8 Å². The Bertz CT molecular complexity index is 867. The summed E-state index contributed by atoms with van der Waals surface area (Å²) in [5, 5.41) is 5.59. The van der Waals surface area contributed by atoms with Crippen molar-refractivity contribution in [1.82, 2.24) is 5.32 Å². The van der Waals surface area contributed by atoms with Gasteiger partial charge in [0.15, 0.2) is 17.6 Å². The average molecular weight is 368 g/mol. The van der Waals surface area contributed by atoms with Crippen molar-refractivity contribution in [1.29, 1.82) is 0 Å². The van der Waals surface area contributed by atoms with E-state index in [9.17, 15) is 9.59 Å². The summed E-state index contributed by atoms with van der Waals surface area (Å²) < 4.78 is 16.7. The highest BCUT2D eigenvalue weighted by Crippen LogP contribution is 2.31. The highest BCUT2D eigenvalue weighted by Gasteiger charge is 2.29. The van der Waals surface area contributed by atoms with Gasteiger partial charge in [0.25, 0.3) is 5.91 Å². The van der Waals surface area contributed by atoms with Gasteiger partial charge in [-0.1, -0.05) is 18.2 Å². The van der Waals surface area contributed by atoms with Crippen LogP contribution in [-0.4, -0.2) is 37.7 Å². The maximum Gasteiger partial charge on any atom is 0.266 e. The third-order valence-electron chi connectivity index (χ3n) is 4.42. The fourth-order valence-electron chi connectivity index (χ4n) is 3.06. The Labute approximate surface area is 156 Å². The molecule has 140 valence electrons. The Morgan fingerprint density at radius 1 is 1.07 bits per heavy atom. The third-order valence-corrected chi connectivity index (χ3v) is 4.42. The molecule has 2 aliphatic rings. The molecule has 0 bridgehead atoms. The second-order valence-electron chi connectivity index (χ2n) is 6.37. The van der Waals surface area contributed by atoms with E-state index >= 15 is 0 Å². The third kappa shape index (κ3) is 3.97. The number of fused-ring (bicyclic) bond motifs is 2. The van der Waals surface area contributed by atoms with Crippen LogP contribution in [0.25, 0.3) is 0 Å². The van der Waals surface area contributed by atoms with Gasteiger partial charge >= 0.3 is 0 Å². The van der Waals surface area contributed by atoms with Crippen LogP contribution in [0, 0.1) is 0 Å². The minimum Gasteiger partial charge on any atom is -0.486 e. The van der Waals surface area contributed by atoms with Gasteiger partial charge in [0.05, 0.1) is 12.1 Å². The molecule has 7 heteroatoms. The van der Waals surface area contributed by atoms with Gasteiger partial charge in [-0.15, -0.1) is 0 Å². The molecule has 0 saturated carbocycles. The first-order valence-electron chi connectivity index (χ1n) is 8.91. The summed E-state index contributed by atoms with van der Waals surface area (Å²) in [4.78, 5) is 24.3. The number of hydrogen-bond donors (Lipinski definition) is 2. The molecular formula is C20H20N2O5. The number of hydrogen-bond acceptors (Lipinski definition) is 5. The smallest absolute Gasteiger partial charge is 0.266 e. The van der Waals surface area contributed by atoms with Crippen molar-refractivity contribution in [2.24, 2.45) is 0 Å². The molecule has 2 aromatic rings. The molecule has 1 atom stereocenters. The van der Waals surface area contributed by atoms with E-state index in [1.54, 1.807) is 12.1 Å². The predicted molar refractivity (Wildman–Crippen MR) is 98.3 cm³/mol. The van der Waals surface area contributed by atoms with Gasteiger partial charge in [-0.3, -0.25) is 9.59 Å². The standard InChI is InChI=1S/C20H20N2O5/c23-19(12-18-20(24)22-14-3-1-2-4-15(14)27-18)21-8-7-13-5-6-16-17(11-13)26-10-9-25-16/h1-6,11,18H,7-10,12H2,(H,21,23)(H,22,24)/t18-/m0/s1. The summed E-state index contributed by atoms with van der Waals surface area (Å²) in [6, 6.07) is 12.9. The van der Waals surface area contributed by atoms with E-state index in [0.29, 0.717) is 37.6 Å². The normalized spacial score (nSPS) is 17.3. The van der Waals surface area contributed by atoms with E-state index in [-0.39, 0.29) is 18.2 Å². The minimum absolute atomic E-state index is 0.0265. The van der Waals surface area contributed by atoms with Gasteiger partial charge in [0, 0.05) is 6.54 Å². The lowest BCUT2D eigenvalue weighted by Crippen LogP contribution is -2.41. The molecule has 2 N–H and O–H groups in total. The average Bonchev–Trinajstić information content (AvgIpc) is 2.68. The van der Waals surface area contributed by atoms with Crippen LogP contribution in [-0.2, 0) is 16.0 Å². The van der Waals surface area contributed by atoms with Crippen molar-refractivity contribution in [3.8, 4) is 17.2 Å². The molecule has 0 unspecified atom stereocenters. The van der Waals surface area contributed by atoms with E-state index in [1.165, 1.54) is 0 Å². The largest absolute Gasteiger partial charge is 0.486 e. The molecule has 0 spiro atoms. The van der Waals surface area contributed by atoms with Gasteiger partial charge in [-0.05, 0) is 36.2 Å². The van der Waals surface area contributed by atoms with Crippen molar-refractivity contribution in [2.45, 2.75) is 18.9 Å². The number of anilines is 1. The van der Waals surface area contributed by atoms with Crippen molar-refractivity contribution in [3.63, 3.8) is 0 Å². The van der Waals surface area contributed by atoms with Crippen LogP contribution in [0.3, 0.4) is 0 Å². The Balaban J connectivity index is 1.27. The Morgan fingerprint density at radius 3 is 2.78 bits per heavy atom. The minimum atomic E-state index is -0.825. The van der Waals surface area contributed by atoms with Crippen molar-refractivity contribution in [3.05, 3.63) is 48.0 Å². The van der Waals surface area contributed by atoms with Crippen LogP contribution in [0.2, 0.25) is 0 Å². The monoisotopic (exact) mass is 368 g/mol. The molecule has 0 fully saturated rings. The lowest BCUT2D eigenvalue weighted by molar-refractivity contribution is -0.130. The quantitative estimate of drug-likeness (QED) is 0.842. The molecule has 27 heavy (non-hydrogen) atoms. The maximum atomic E-state index is 12.2. The number of ether oxygens (including phenoxy) is 3. The molecule has 2 aliphatic heterocycles. The summed E-state index contributed by atoms with van der Waals surface area (Å²) in [6.07, 6.45) is -0.196. The number of carbonyl (C=O) groups excluding carboxylic acids is 2. The van der Waals surface area contributed by atoms with Gasteiger partial charge in [0.1, 0.15) is 19.0 Å². The fraction of sp³-hybridized carbons (Fsp3) is 0.300. The first kappa shape index (κ1) is 17.2. The number of nitrogens with one attached hydrogen (secondary N) is 2. The lowest BCUT2D eigenvalue weighted by Gasteiger charge is -2.25. The second kappa shape index (κ2) is 7.57. The number of para-hydroxylation sites is 2. The second-order valence-corrected chi connectivity index (χ2v) is 6.37. The molecule has 0 radical (unpaired) electrons. The van der Waals surface area contributed by atoms with E-state index < -0.39 is 6.10 Å². The topological polar surface area (TPSA) is 85.9 Å². The maximum absolute atomic E-state index is 12.2. The summed E-state index contributed by atoms with van der Waals surface area (Å²) in [6.45, 7) is 1.56. The molecule has 2 heterocycles. The summed E-state index contributed by atoms with van der Waals surface area (Å²) in [7, 11) is 0. The van der Waals surface area contributed by atoms with Crippen LogP contribution >= 0.6 is 0 Å². The zero-order valence-corrected chi connectivity index (χ0v) is 14.7. The Hall–Kier alpha value is -3.22. The molecule has 7 nitrogen and oxygen atoms in total. The van der Waals surface area contributed by atoms with Crippen LogP contribution in [0.15, 0.2) is 42.5 Å². The highest BCUT2D eigenvalue weighted by atomic mass is 16.6. The van der Waals surface area contributed by atoms with Gasteiger partial charge in [-0.25, -0.2) is 0 Å². The van der Waals surface area contributed by atoms with E-state index in [4.69, 9.17) is 14.2 Å². The van der Waals surface area contributed by atoms with Crippen molar-refractivity contribution >= 4 is 17.5 Å². The van der Waals surface area contributed by atoms with Gasteiger partial charge < -0.3 is 24.8 Å². The van der Waals surface area contributed by atoms with Crippen molar-refractivity contribution in [2.75, 3.05) is 25.1 Å². The summed E-state index contributed by atoms with van der Waals surface area (Å²) in [5.41, 5.74) is 1.66. The van der Waals surface area contributed by atoms with Gasteiger partial charge in [0.2, 0.25) is 5.91 Å². The van der Waals surface area contributed by atoms with Crippen LogP contribution in [0.1, 0.15) is 12.0 Å². The fourth-order valence-corrected chi connectivity index (χ4v) is 3.06. The SMILES string of the molecule is O=C(C[C@@H]1Oc2ccccc2NC1=O)NCCc1ccc2c(c1)OCCO2. The van der Waals surface area contributed by atoms with Crippen LogP contribution in [0.4, 0.5) is 5.69 Å². The van der Waals surface area contributed by atoms with Crippen LogP contribution < -0.4 is 24.8 Å². The molecule has 2 amide bonds. The predicted octanol–water partition coefficient (Wildman–Crippen LogP) is 1.91. The molecule has 0 aromatic heterocycles. The lowest BCUT2D eigenvalue weighted by atomic mass is 10.1. The first-order chi connectivity index (χ1) is 13.2. The molecule has 2 aromatic carbocycles. The number of carbonyl (C=O) groups is 2. The first-order valence-corrected chi connectivity index (χ1v) is 8.91. The Kier molecular flexibility index (Phi) is 4.82. The molecule has 0 aliphatic carbocycles. The highest BCUT2D eigenvalue weighted by molar-refractivity contribution is 5.99. The van der Waals surface area contributed by atoms with Gasteiger partial charge in [-0.2, -0.15) is 0 Å². The zero-order valence-electron chi connectivity index (χ0n) is 14.7. The summed E-state index contributed by atoms with van der Waals surface area (Å²) >= 11 is 0. The van der Waals surface area contributed by atoms with E-state index in [0.717, 1.165) is 17.1 Å². The Morgan fingerprint density at radius 2 is 1.89 bits per heavy atom. The molecule has 4 rings (SSSR count). The zero-order chi connectivity index (χ0) is 18.6. The van der Waals surface area contributed by atoms with E-state index in [2.05, 4.69) is 10.6 Å².